The number of rotatable bonds is 9. The summed E-state index contributed by atoms with van der Waals surface area (Å²) in [6, 6.07) is 0.167. The van der Waals surface area contributed by atoms with Crippen LogP contribution in [-0.4, -0.2) is 39.5 Å². The summed E-state index contributed by atoms with van der Waals surface area (Å²) in [5.74, 6) is 1.00. The molecule has 0 aliphatic heterocycles. The topological polar surface area (TPSA) is 85.8 Å². The number of thioether (sulfide) groups is 1. The van der Waals surface area contributed by atoms with Gasteiger partial charge < -0.3 is 15.6 Å². The van der Waals surface area contributed by atoms with E-state index < -0.39 is 0 Å². The summed E-state index contributed by atoms with van der Waals surface area (Å²) in [4.78, 5) is 11.8. The van der Waals surface area contributed by atoms with E-state index in [4.69, 9.17) is 5.73 Å². The summed E-state index contributed by atoms with van der Waals surface area (Å²) in [6.07, 6.45) is 10.5. The molecule has 1 fully saturated rings. The summed E-state index contributed by atoms with van der Waals surface area (Å²) in [6.45, 7) is 2.68. The van der Waals surface area contributed by atoms with Gasteiger partial charge in [0.25, 0.3) is 0 Å². The smallest absolute Gasteiger partial charge is 0.236 e. The average molecular weight is 376 g/mol. The number of nitrogens with zero attached hydrogens (tertiary/aromatic N) is 3. The Bertz CT molecular complexity index is 505. The molecule has 1 saturated carbocycles. The molecule has 6 nitrogen and oxygen atoms in total. The Labute approximate surface area is 155 Å². The first-order valence-electron chi connectivity index (χ1n) is 8.68. The fraction of sp³-hybridized carbons (Fsp3) is 0.812. The van der Waals surface area contributed by atoms with Crippen molar-refractivity contribution in [2.75, 3.05) is 12.8 Å². The minimum Gasteiger partial charge on any atom is -0.355 e. The second-order valence-corrected chi connectivity index (χ2v) is 6.97. The molecule has 0 saturated heterocycles. The number of hydrogen-bond acceptors (Lipinski definition) is 5. The van der Waals surface area contributed by atoms with E-state index in [1.165, 1.54) is 25.7 Å². The van der Waals surface area contributed by atoms with Crippen LogP contribution in [0.2, 0.25) is 0 Å². The van der Waals surface area contributed by atoms with Crippen molar-refractivity contribution in [1.29, 1.82) is 0 Å². The van der Waals surface area contributed by atoms with Crippen LogP contribution in [0.4, 0.5) is 0 Å². The lowest BCUT2D eigenvalue weighted by Crippen LogP contribution is -2.40. The lowest BCUT2D eigenvalue weighted by atomic mass is 10.1. The van der Waals surface area contributed by atoms with E-state index in [-0.39, 0.29) is 24.4 Å². The van der Waals surface area contributed by atoms with Crippen molar-refractivity contribution in [2.45, 2.75) is 75.5 Å². The number of aromatic nitrogens is 3. The quantitative estimate of drug-likeness (QED) is 0.512. The van der Waals surface area contributed by atoms with Gasteiger partial charge in [0.1, 0.15) is 5.82 Å². The fourth-order valence-electron chi connectivity index (χ4n) is 3.18. The van der Waals surface area contributed by atoms with Crippen molar-refractivity contribution >= 4 is 30.1 Å². The minimum atomic E-state index is -0.384. The third kappa shape index (κ3) is 5.63. The number of nitrogens with two attached hydrogens (primary N) is 1. The molecule has 2 rings (SSSR count). The van der Waals surface area contributed by atoms with Crippen LogP contribution in [0.5, 0.6) is 0 Å². The lowest BCUT2D eigenvalue weighted by molar-refractivity contribution is -0.122. The van der Waals surface area contributed by atoms with Crippen molar-refractivity contribution in [1.82, 2.24) is 20.1 Å². The molecule has 1 aliphatic carbocycles. The minimum absolute atomic E-state index is 0. The SMILES string of the molecule is CCCC(N)C(=O)NCCCc1nnc(SC)n1C1CCCC1.Cl. The van der Waals surface area contributed by atoms with Gasteiger partial charge in [-0.05, 0) is 31.9 Å². The van der Waals surface area contributed by atoms with E-state index >= 15 is 0 Å². The highest BCUT2D eigenvalue weighted by Gasteiger charge is 2.23. The Morgan fingerprint density at radius 1 is 1.42 bits per heavy atom. The van der Waals surface area contributed by atoms with E-state index in [0.29, 0.717) is 12.6 Å². The summed E-state index contributed by atoms with van der Waals surface area (Å²) in [5, 5.41) is 12.6. The molecule has 1 amide bonds. The van der Waals surface area contributed by atoms with Gasteiger partial charge in [0.05, 0.1) is 6.04 Å². The first-order valence-corrected chi connectivity index (χ1v) is 9.90. The molecule has 1 aromatic rings. The zero-order valence-corrected chi connectivity index (χ0v) is 16.3. The van der Waals surface area contributed by atoms with Crippen molar-refractivity contribution in [3.05, 3.63) is 5.82 Å². The average Bonchev–Trinajstić information content (AvgIpc) is 3.20. The zero-order chi connectivity index (χ0) is 16.7. The molecule has 24 heavy (non-hydrogen) atoms. The third-order valence-electron chi connectivity index (χ3n) is 4.42. The largest absolute Gasteiger partial charge is 0.355 e. The van der Waals surface area contributed by atoms with Gasteiger partial charge in [-0.1, -0.05) is 37.9 Å². The normalized spacial score (nSPS) is 16.0. The maximum Gasteiger partial charge on any atom is 0.236 e. The number of amides is 1. The number of hydrogen-bond donors (Lipinski definition) is 2. The van der Waals surface area contributed by atoms with Gasteiger partial charge in [-0.25, -0.2) is 0 Å². The molecule has 0 aromatic carbocycles. The molecule has 8 heteroatoms. The standard InChI is InChI=1S/C16H29N5OS.ClH/c1-3-7-13(17)15(22)18-11-6-10-14-19-20-16(23-2)21(14)12-8-4-5-9-12;/h12-13H,3-11,17H2,1-2H3,(H,18,22);1H. The van der Waals surface area contributed by atoms with Gasteiger partial charge in [0.15, 0.2) is 5.16 Å². The third-order valence-corrected chi connectivity index (χ3v) is 5.06. The predicted molar refractivity (Wildman–Crippen MR) is 101 cm³/mol. The van der Waals surface area contributed by atoms with E-state index in [9.17, 15) is 4.79 Å². The molecule has 1 atom stereocenters. The number of nitrogens with one attached hydrogen (secondary N) is 1. The molecule has 1 aliphatic rings. The van der Waals surface area contributed by atoms with E-state index in [1.807, 2.05) is 6.92 Å². The molecule has 3 N–H and O–H groups in total. The Hall–Kier alpha value is -0.790. The second kappa shape index (κ2) is 10.9. The lowest BCUT2D eigenvalue weighted by Gasteiger charge is -2.16. The molecule has 0 bridgehead atoms. The molecule has 1 heterocycles. The molecular weight excluding hydrogens is 346 g/mol. The van der Waals surface area contributed by atoms with Crippen molar-refractivity contribution < 1.29 is 4.79 Å². The monoisotopic (exact) mass is 375 g/mol. The first-order chi connectivity index (χ1) is 11.2. The molecular formula is C16H30ClN5OS. The van der Waals surface area contributed by atoms with Crippen molar-refractivity contribution in [3.8, 4) is 0 Å². The van der Waals surface area contributed by atoms with Gasteiger partial charge in [-0.15, -0.1) is 22.6 Å². The molecule has 1 aromatic heterocycles. The van der Waals surface area contributed by atoms with Gasteiger partial charge in [-0.3, -0.25) is 4.79 Å². The van der Waals surface area contributed by atoms with Gasteiger partial charge in [-0.2, -0.15) is 0 Å². The first kappa shape index (κ1) is 21.3. The van der Waals surface area contributed by atoms with Crippen LogP contribution in [0.3, 0.4) is 0 Å². The van der Waals surface area contributed by atoms with Crippen LogP contribution in [0.15, 0.2) is 5.16 Å². The van der Waals surface area contributed by atoms with Crippen LogP contribution >= 0.6 is 24.2 Å². The molecule has 1 unspecified atom stereocenters. The highest BCUT2D eigenvalue weighted by Crippen LogP contribution is 2.33. The van der Waals surface area contributed by atoms with E-state index in [2.05, 4.69) is 26.3 Å². The summed E-state index contributed by atoms with van der Waals surface area (Å²) >= 11 is 1.66. The Morgan fingerprint density at radius 3 is 2.75 bits per heavy atom. The number of halogens is 1. The van der Waals surface area contributed by atoms with Crippen LogP contribution in [0.1, 0.15) is 63.7 Å². The Balaban J connectivity index is 0.00000288. The molecule has 0 radical (unpaired) electrons. The van der Waals surface area contributed by atoms with E-state index in [0.717, 1.165) is 36.7 Å². The second-order valence-electron chi connectivity index (χ2n) is 6.20. The summed E-state index contributed by atoms with van der Waals surface area (Å²) < 4.78 is 2.32. The van der Waals surface area contributed by atoms with Crippen molar-refractivity contribution in [3.63, 3.8) is 0 Å². The summed E-state index contributed by atoms with van der Waals surface area (Å²) in [5.41, 5.74) is 5.81. The Morgan fingerprint density at radius 2 is 2.12 bits per heavy atom. The van der Waals surface area contributed by atoms with Crippen LogP contribution < -0.4 is 11.1 Å². The number of aryl methyl sites for hydroxylation is 1. The fourth-order valence-corrected chi connectivity index (χ4v) is 3.75. The van der Waals surface area contributed by atoms with Gasteiger partial charge >= 0.3 is 0 Å². The van der Waals surface area contributed by atoms with Gasteiger partial charge in [0, 0.05) is 19.0 Å². The maximum atomic E-state index is 11.8. The van der Waals surface area contributed by atoms with E-state index in [1.54, 1.807) is 11.8 Å². The molecule has 0 spiro atoms. The number of carbonyl (C=O) groups is 1. The van der Waals surface area contributed by atoms with Gasteiger partial charge in [0.2, 0.25) is 5.91 Å². The highest BCUT2D eigenvalue weighted by molar-refractivity contribution is 7.98. The van der Waals surface area contributed by atoms with Crippen molar-refractivity contribution in [2.24, 2.45) is 5.73 Å². The number of carbonyl (C=O) groups excluding carboxylic acids is 1. The van der Waals surface area contributed by atoms with Crippen LogP contribution in [-0.2, 0) is 11.2 Å². The maximum absolute atomic E-state index is 11.8. The molecule has 138 valence electrons. The van der Waals surface area contributed by atoms with Crippen LogP contribution in [0, 0.1) is 0 Å². The Kier molecular flexibility index (Phi) is 9.69. The zero-order valence-electron chi connectivity index (χ0n) is 14.7. The predicted octanol–water partition coefficient (Wildman–Crippen LogP) is 2.71. The van der Waals surface area contributed by atoms with Crippen LogP contribution in [0.25, 0.3) is 0 Å². The highest BCUT2D eigenvalue weighted by atomic mass is 35.5. The summed E-state index contributed by atoms with van der Waals surface area (Å²) in [7, 11) is 0.